The molecule has 3 aromatic rings. The van der Waals surface area contributed by atoms with Gasteiger partial charge in [-0.2, -0.15) is 4.72 Å². The number of ether oxygens (including phenoxy) is 1. The van der Waals surface area contributed by atoms with Crippen molar-refractivity contribution in [1.29, 1.82) is 0 Å². The van der Waals surface area contributed by atoms with E-state index in [-0.39, 0.29) is 16.6 Å². The van der Waals surface area contributed by atoms with Crippen LogP contribution in [-0.4, -0.2) is 20.4 Å². The number of sulfonamides is 1. The second-order valence-electron chi connectivity index (χ2n) is 7.82. The Kier molecular flexibility index (Phi) is 7.16. The van der Waals surface area contributed by atoms with E-state index in [1.54, 1.807) is 31.2 Å². The summed E-state index contributed by atoms with van der Waals surface area (Å²) in [5.41, 5.74) is 1.58. The fraction of sp³-hybridized carbons (Fsp3) is 0.333. The van der Waals surface area contributed by atoms with Crippen LogP contribution in [0.1, 0.15) is 38.3 Å². The van der Waals surface area contributed by atoms with E-state index >= 15 is 0 Å². The normalized spacial score (nSPS) is 13.6. The Labute approximate surface area is 187 Å². The van der Waals surface area contributed by atoms with E-state index in [0.29, 0.717) is 18.4 Å². The Morgan fingerprint density at radius 2 is 1.78 bits per heavy atom. The van der Waals surface area contributed by atoms with Crippen LogP contribution in [0.4, 0.5) is 0 Å². The summed E-state index contributed by atoms with van der Waals surface area (Å²) in [6.45, 7) is 7.43. The number of aryl methyl sites for hydroxylation is 2. The van der Waals surface area contributed by atoms with Crippen molar-refractivity contribution in [2.45, 2.75) is 51.5 Å². The van der Waals surface area contributed by atoms with E-state index in [9.17, 15) is 18.0 Å². The predicted molar refractivity (Wildman–Crippen MR) is 122 cm³/mol. The van der Waals surface area contributed by atoms with Gasteiger partial charge in [0.25, 0.3) is 0 Å². The molecule has 0 aliphatic carbocycles. The summed E-state index contributed by atoms with van der Waals surface area (Å²) in [7, 11) is -3.93. The highest BCUT2D eigenvalue weighted by atomic mass is 32.2. The summed E-state index contributed by atoms with van der Waals surface area (Å²) in [5.74, 6) is -0.877. The number of esters is 1. The third kappa shape index (κ3) is 5.26. The highest BCUT2D eigenvalue weighted by molar-refractivity contribution is 7.89. The third-order valence-electron chi connectivity index (χ3n) is 5.48. The van der Waals surface area contributed by atoms with Gasteiger partial charge >= 0.3 is 11.6 Å². The lowest BCUT2D eigenvalue weighted by atomic mass is 10.0. The van der Waals surface area contributed by atoms with Gasteiger partial charge in [0, 0.05) is 17.5 Å². The quantitative estimate of drug-likeness (QED) is 0.312. The first-order valence-corrected chi connectivity index (χ1v) is 12.0. The summed E-state index contributed by atoms with van der Waals surface area (Å²) in [6.07, 6.45) is 1.21. The van der Waals surface area contributed by atoms with E-state index in [1.807, 2.05) is 20.8 Å². The minimum absolute atomic E-state index is 0.0729. The highest BCUT2D eigenvalue weighted by Gasteiger charge is 2.31. The Balaban J connectivity index is 1.88. The van der Waals surface area contributed by atoms with Crippen molar-refractivity contribution in [3.8, 4) is 5.75 Å². The molecule has 3 rings (SSSR count). The lowest BCUT2D eigenvalue weighted by Crippen LogP contribution is -2.46. The number of nitrogens with one attached hydrogen (secondary N) is 1. The van der Waals surface area contributed by atoms with Crippen LogP contribution in [0.3, 0.4) is 0 Å². The number of carbonyl (C=O) groups is 1. The van der Waals surface area contributed by atoms with Gasteiger partial charge in [0.15, 0.2) is 0 Å². The van der Waals surface area contributed by atoms with Crippen molar-refractivity contribution < 1.29 is 22.4 Å². The lowest BCUT2D eigenvalue weighted by Gasteiger charge is -2.22. The Morgan fingerprint density at radius 3 is 2.41 bits per heavy atom. The summed E-state index contributed by atoms with van der Waals surface area (Å²) in [4.78, 5) is 24.8. The van der Waals surface area contributed by atoms with Crippen LogP contribution in [0.2, 0.25) is 0 Å². The highest BCUT2D eigenvalue weighted by Crippen LogP contribution is 2.24. The van der Waals surface area contributed by atoms with E-state index in [0.717, 1.165) is 16.5 Å². The van der Waals surface area contributed by atoms with Crippen molar-refractivity contribution in [3.63, 3.8) is 0 Å². The minimum atomic E-state index is -3.93. The number of rotatable bonds is 8. The first-order valence-electron chi connectivity index (χ1n) is 10.5. The molecule has 0 aliphatic heterocycles. The average molecular weight is 458 g/mol. The van der Waals surface area contributed by atoms with Crippen LogP contribution in [0, 0.1) is 12.8 Å². The second-order valence-corrected chi connectivity index (χ2v) is 9.53. The van der Waals surface area contributed by atoms with Crippen LogP contribution in [-0.2, 0) is 21.2 Å². The molecule has 0 spiro atoms. The van der Waals surface area contributed by atoms with Gasteiger partial charge in [0.1, 0.15) is 17.4 Å². The van der Waals surface area contributed by atoms with Gasteiger partial charge in [0.05, 0.1) is 4.90 Å². The molecule has 1 heterocycles. The SMILES string of the molecule is CCc1cc(=O)oc2cc(OC(=O)[C@H](NS(=O)(=O)c3ccc(C)cc3)[C@@H](C)CC)ccc12. The molecule has 2 atom stereocenters. The van der Waals surface area contributed by atoms with Crippen LogP contribution in [0.5, 0.6) is 5.75 Å². The van der Waals surface area contributed by atoms with E-state index in [2.05, 4.69) is 4.72 Å². The smallest absolute Gasteiger partial charge is 0.336 e. The molecular formula is C24H27NO6S. The Hall–Kier alpha value is -2.97. The molecule has 0 saturated carbocycles. The zero-order valence-electron chi connectivity index (χ0n) is 18.5. The predicted octanol–water partition coefficient (Wildman–Crippen LogP) is 3.96. The van der Waals surface area contributed by atoms with Crippen LogP contribution in [0.25, 0.3) is 11.0 Å². The molecule has 0 bridgehead atoms. The molecule has 0 aliphatic rings. The van der Waals surface area contributed by atoms with E-state index in [4.69, 9.17) is 9.15 Å². The van der Waals surface area contributed by atoms with Gasteiger partial charge in [-0.3, -0.25) is 0 Å². The lowest BCUT2D eigenvalue weighted by molar-refractivity contribution is -0.137. The molecule has 32 heavy (non-hydrogen) atoms. The van der Waals surface area contributed by atoms with Crippen molar-refractivity contribution in [2.75, 3.05) is 0 Å². The van der Waals surface area contributed by atoms with Crippen molar-refractivity contribution in [2.24, 2.45) is 5.92 Å². The number of hydrogen-bond donors (Lipinski definition) is 1. The number of benzene rings is 2. The number of carbonyl (C=O) groups excluding carboxylic acids is 1. The molecule has 170 valence electrons. The maximum atomic E-state index is 13.0. The van der Waals surface area contributed by atoms with E-state index < -0.39 is 27.7 Å². The summed E-state index contributed by atoms with van der Waals surface area (Å²) >= 11 is 0. The molecule has 8 heteroatoms. The average Bonchev–Trinajstić information content (AvgIpc) is 2.76. The molecule has 7 nitrogen and oxygen atoms in total. The third-order valence-corrected chi connectivity index (χ3v) is 6.94. The van der Waals surface area contributed by atoms with Crippen molar-refractivity contribution in [3.05, 3.63) is 70.1 Å². The fourth-order valence-corrected chi connectivity index (χ4v) is 4.62. The van der Waals surface area contributed by atoms with Gasteiger partial charge in [-0.15, -0.1) is 0 Å². The number of fused-ring (bicyclic) bond motifs is 1. The zero-order chi connectivity index (χ0) is 23.5. The molecule has 0 saturated heterocycles. The Bertz CT molecular complexity index is 1280. The van der Waals surface area contributed by atoms with Gasteiger partial charge < -0.3 is 9.15 Å². The van der Waals surface area contributed by atoms with Crippen LogP contribution in [0.15, 0.2) is 62.6 Å². The fourth-order valence-electron chi connectivity index (χ4n) is 3.33. The van der Waals surface area contributed by atoms with Gasteiger partial charge in [0.2, 0.25) is 10.0 Å². The molecule has 0 unspecified atom stereocenters. The zero-order valence-corrected chi connectivity index (χ0v) is 19.4. The monoisotopic (exact) mass is 457 g/mol. The molecule has 2 aromatic carbocycles. The van der Waals surface area contributed by atoms with Crippen molar-refractivity contribution in [1.82, 2.24) is 4.72 Å². The van der Waals surface area contributed by atoms with Crippen molar-refractivity contribution >= 4 is 27.0 Å². The van der Waals surface area contributed by atoms with E-state index in [1.165, 1.54) is 24.3 Å². The molecule has 1 aromatic heterocycles. The summed E-state index contributed by atoms with van der Waals surface area (Å²) in [6, 6.07) is 11.5. The number of hydrogen-bond acceptors (Lipinski definition) is 6. The molecule has 0 fully saturated rings. The van der Waals surface area contributed by atoms with Gasteiger partial charge in [-0.05, 0) is 49.1 Å². The van der Waals surface area contributed by atoms with Gasteiger partial charge in [-0.25, -0.2) is 18.0 Å². The molecule has 1 N–H and O–H groups in total. The second kappa shape index (κ2) is 9.67. The van der Waals surface area contributed by atoms with Crippen LogP contribution >= 0.6 is 0 Å². The van der Waals surface area contributed by atoms with Crippen LogP contribution < -0.4 is 15.1 Å². The topological polar surface area (TPSA) is 103 Å². The van der Waals surface area contributed by atoms with Gasteiger partial charge in [-0.1, -0.05) is 44.9 Å². The first-order chi connectivity index (χ1) is 15.1. The summed E-state index contributed by atoms with van der Waals surface area (Å²) < 4.78 is 38.9. The first kappa shape index (κ1) is 23.7. The molecule has 0 radical (unpaired) electrons. The maximum absolute atomic E-state index is 13.0. The Morgan fingerprint density at radius 1 is 1.09 bits per heavy atom. The molecular weight excluding hydrogens is 430 g/mol. The minimum Gasteiger partial charge on any atom is -0.425 e. The molecule has 0 amide bonds. The maximum Gasteiger partial charge on any atom is 0.336 e. The largest absolute Gasteiger partial charge is 0.425 e. The standard InChI is InChI=1S/C24H27NO6S/c1-5-16(4)23(25-32(28,29)19-10-7-15(3)8-11-19)24(27)30-18-9-12-20-17(6-2)13-22(26)31-21(20)14-18/h7-14,16,23,25H,5-6H2,1-4H3/t16-,23+/m0/s1. The summed E-state index contributed by atoms with van der Waals surface area (Å²) in [5, 5.41) is 0.755.